The van der Waals surface area contributed by atoms with Gasteiger partial charge in [-0.15, -0.1) is 0 Å². The Morgan fingerprint density at radius 2 is 1.72 bits per heavy atom. The van der Waals surface area contributed by atoms with Crippen LogP contribution < -0.4 is 4.90 Å². The molecule has 1 saturated carbocycles. The number of benzene rings is 2. The van der Waals surface area contributed by atoms with Crippen LogP contribution in [0.2, 0.25) is 0 Å². The minimum absolute atomic E-state index is 0.210. The van der Waals surface area contributed by atoms with Gasteiger partial charge in [0.25, 0.3) is 5.91 Å². The summed E-state index contributed by atoms with van der Waals surface area (Å²) in [6, 6.07) is 19.3. The molecule has 0 N–H and O–H groups in total. The number of aryl methyl sites for hydroxylation is 1. The number of anilines is 1. The maximum Gasteiger partial charge on any atom is 0.317 e. The maximum atomic E-state index is 13.0. The first kappa shape index (κ1) is 20.6. The molecular weight excluding hydrogens is 364 g/mol. The summed E-state index contributed by atoms with van der Waals surface area (Å²) in [5, 5.41) is 8.94. The highest BCUT2D eigenvalue weighted by molar-refractivity contribution is 5.96. The Kier molecular flexibility index (Phi) is 6.66. The fraction of sp³-hybridized carbons (Fsp3) is 0.375. The van der Waals surface area contributed by atoms with E-state index in [9.17, 15) is 9.59 Å². The molecule has 1 amide bonds. The summed E-state index contributed by atoms with van der Waals surface area (Å²) in [4.78, 5) is 27.4. The van der Waals surface area contributed by atoms with Gasteiger partial charge in [-0.1, -0.05) is 60.9 Å². The van der Waals surface area contributed by atoms with Crippen LogP contribution in [0.4, 0.5) is 5.69 Å². The summed E-state index contributed by atoms with van der Waals surface area (Å²) in [7, 11) is 0. The molecular formula is C24H26N2O3. The molecule has 5 nitrogen and oxygen atoms in total. The Balaban J connectivity index is 1.72. The van der Waals surface area contributed by atoms with E-state index in [2.05, 4.69) is 6.07 Å². The van der Waals surface area contributed by atoms with Gasteiger partial charge in [0.2, 0.25) is 0 Å². The fourth-order valence-corrected chi connectivity index (χ4v) is 3.97. The van der Waals surface area contributed by atoms with Crippen LogP contribution in [0.1, 0.15) is 43.2 Å². The number of hydrogen-bond acceptors (Lipinski definition) is 4. The summed E-state index contributed by atoms with van der Waals surface area (Å²) >= 11 is 0. The second-order valence-corrected chi connectivity index (χ2v) is 7.52. The molecule has 29 heavy (non-hydrogen) atoms. The zero-order chi connectivity index (χ0) is 20.7. The third-order valence-electron chi connectivity index (χ3n) is 5.59. The number of amides is 1. The normalized spacial score (nSPS) is 14.8. The summed E-state index contributed by atoms with van der Waals surface area (Å²) in [6.45, 7) is 1.91. The van der Waals surface area contributed by atoms with Crippen LogP contribution in [0, 0.1) is 18.3 Å². The van der Waals surface area contributed by atoms with Gasteiger partial charge in [-0.25, -0.2) is 0 Å². The Morgan fingerprint density at radius 1 is 1.07 bits per heavy atom. The van der Waals surface area contributed by atoms with Crippen molar-refractivity contribution in [2.75, 3.05) is 18.1 Å². The van der Waals surface area contributed by atoms with Crippen molar-refractivity contribution in [1.82, 2.24) is 0 Å². The van der Waals surface area contributed by atoms with E-state index in [0.29, 0.717) is 5.69 Å². The molecule has 0 heterocycles. The van der Waals surface area contributed by atoms with E-state index < -0.39 is 5.41 Å². The monoisotopic (exact) mass is 390 g/mol. The number of nitriles is 1. The Morgan fingerprint density at radius 3 is 2.34 bits per heavy atom. The molecule has 2 aromatic carbocycles. The third-order valence-corrected chi connectivity index (χ3v) is 5.59. The average molecular weight is 390 g/mol. The number of nitrogens with zero attached hydrogens (tertiary/aromatic N) is 2. The predicted molar refractivity (Wildman–Crippen MR) is 111 cm³/mol. The molecule has 0 saturated heterocycles. The first-order valence-corrected chi connectivity index (χ1v) is 10.0. The van der Waals surface area contributed by atoms with E-state index in [4.69, 9.17) is 10.00 Å². The number of carbonyl (C=O) groups excluding carboxylic acids is 2. The highest BCUT2D eigenvalue weighted by atomic mass is 16.5. The van der Waals surface area contributed by atoms with Crippen molar-refractivity contribution in [3.05, 3.63) is 65.7 Å². The van der Waals surface area contributed by atoms with Crippen LogP contribution in [0.3, 0.4) is 0 Å². The predicted octanol–water partition coefficient (Wildman–Crippen LogP) is 4.30. The second kappa shape index (κ2) is 9.38. The van der Waals surface area contributed by atoms with Gasteiger partial charge in [-0.3, -0.25) is 9.59 Å². The minimum Gasteiger partial charge on any atom is -0.455 e. The number of hydrogen-bond donors (Lipinski definition) is 0. The molecule has 150 valence electrons. The van der Waals surface area contributed by atoms with E-state index in [0.717, 1.165) is 36.8 Å². The Hall–Kier alpha value is -3.13. The van der Waals surface area contributed by atoms with Crippen molar-refractivity contribution in [3.63, 3.8) is 0 Å². The molecule has 0 aromatic heterocycles. The molecule has 0 aliphatic heterocycles. The van der Waals surface area contributed by atoms with Gasteiger partial charge < -0.3 is 9.64 Å². The van der Waals surface area contributed by atoms with Crippen LogP contribution in [0.5, 0.6) is 0 Å². The second-order valence-electron chi connectivity index (χ2n) is 7.52. The summed E-state index contributed by atoms with van der Waals surface area (Å²) in [5.74, 6) is -0.655. The molecule has 1 aliphatic rings. The number of carbonyl (C=O) groups is 2. The standard InChI is InChI=1S/C24H26N2O3/c1-19-10-12-21(13-11-19)26(17-7-16-25)22(27)18-29-23(28)24(14-5-6-15-24)20-8-3-2-4-9-20/h2-4,8-13H,5-7,14-15,17-18H2,1H3. The molecule has 1 fully saturated rings. The zero-order valence-corrected chi connectivity index (χ0v) is 16.8. The van der Waals surface area contributed by atoms with Gasteiger partial charge in [-0.2, -0.15) is 5.26 Å². The van der Waals surface area contributed by atoms with Crippen molar-refractivity contribution in [3.8, 4) is 6.07 Å². The smallest absolute Gasteiger partial charge is 0.317 e. The lowest BCUT2D eigenvalue weighted by molar-refractivity contribution is -0.153. The van der Waals surface area contributed by atoms with E-state index in [1.807, 2.05) is 61.5 Å². The van der Waals surface area contributed by atoms with Crippen molar-refractivity contribution < 1.29 is 14.3 Å². The highest BCUT2D eigenvalue weighted by Gasteiger charge is 2.44. The van der Waals surface area contributed by atoms with E-state index in [1.165, 1.54) is 4.90 Å². The quantitative estimate of drug-likeness (QED) is 0.661. The van der Waals surface area contributed by atoms with E-state index >= 15 is 0 Å². The summed E-state index contributed by atoms with van der Waals surface area (Å²) < 4.78 is 5.54. The largest absolute Gasteiger partial charge is 0.455 e. The first-order chi connectivity index (χ1) is 14.1. The Labute approximate surface area is 171 Å². The van der Waals surface area contributed by atoms with Gasteiger partial charge in [0, 0.05) is 12.2 Å². The van der Waals surface area contributed by atoms with Crippen LogP contribution in [-0.4, -0.2) is 25.0 Å². The lowest BCUT2D eigenvalue weighted by Gasteiger charge is -2.28. The molecule has 1 aliphatic carbocycles. The SMILES string of the molecule is Cc1ccc(N(CCC#N)C(=O)COC(=O)C2(c3ccccc3)CCCC2)cc1. The molecule has 0 spiro atoms. The number of ether oxygens (including phenoxy) is 1. The summed E-state index contributed by atoms with van der Waals surface area (Å²) in [6.07, 6.45) is 3.62. The lowest BCUT2D eigenvalue weighted by Crippen LogP contribution is -2.39. The van der Waals surface area contributed by atoms with Gasteiger partial charge >= 0.3 is 5.97 Å². The average Bonchev–Trinajstić information content (AvgIpc) is 3.25. The summed E-state index contributed by atoms with van der Waals surface area (Å²) in [5.41, 5.74) is 2.07. The fourth-order valence-electron chi connectivity index (χ4n) is 3.97. The van der Waals surface area contributed by atoms with Crippen molar-refractivity contribution >= 4 is 17.6 Å². The lowest BCUT2D eigenvalue weighted by atomic mass is 9.79. The molecule has 0 unspecified atom stereocenters. The number of esters is 1. The Bertz CT molecular complexity index is 879. The highest BCUT2D eigenvalue weighted by Crippen LogP contribution is 2.42. The van der Waals surface area contributed by atoms with Gasteiger partial charge in [0.15, 0.2) is 6.61 Å². The van der Waals surface area contributed by atoms with Crippen LogP contribution >= 0.6 is 0 Å². The maximum absolute atomic E-state index is 13.0. The molecule has 0 bridgehead atoms. The zero-order valence-electron chi connectivity index (χ0n) is 16.8. The van der Waals surface area contributed by atoms with E-state index in [-0.39, 0.29) is 31.4 Å². The molecule has 0 atom stereocenters. The molecule has 3 rings (SSSR count). The first-order valence-electron chi connectivity index (χ1n) is 10.0. The number of rotatable bonds is 7. The third kappa shape index (κ3) is 4.65. The molecule has 0 radical (unpaired) electrons. The van der Waals surface area contributed by atoms with Crippen molar-refractivity contribution in [2.45, 2.75) is 44.4 Å². The van der Waals surface area contributed by atoms with Crippen molar-refractivity contribution in [2.24, 2.45) is 0 Å². The van der Waals surface area contributed by atoms with Crippen LogP contribution in [-0.2, 0) is 19.7 Å². The van der Waals surface area contributed by atoms with Gasteiger partial charge in [0.1, 0.15) is 0 Å². The van der Waals surface area contributed by atoms with E-state index in [1.54, 1.807) is 0 Å². The molecule has 5 heteroatoms. The van der Waals surface area contributed by atoms with Gasteiger partial charge in [0.05, 0.1) is 17.9 Å². The van der Waals surface area contributed by atoms with Crippen molar-refractivity contribution in [1.29, 1.82) is 5.26 Å². The van der Waals surface area contributed by atoms with Crippen LogP contribution in [0.25, 0.3) is 0 Å². The molecule has 2 aromatic rings. The van der Waals surface area contributed by atoms with Gasteiger partial charge in [-0.05, 0) is 37.5 Å². The minimum atomic E-state index is -0.664. The van der Waals surface area contributed by atoms with Crippen LogP contribution in [0.15, 0.2) is 54.6 Å². The topological polar surface area (TPSA) is 70.4 Å².